The van der Waals surface area contributed by atoms with E-state index in [2.05, 4.69) is 11.6 Å². The molecule has 0 saturated carbocycles. The Morgan fingerprint density at radius 2 is 1.64 bits per heavy atom. The Hall–Kier alpha value is -3.97. The second-order valence-corrected chi connectivity index (χ2v) is 9.62. The number of amides is 1. The first-order valence-corrected chi connectivity index (χ1v) is 12.6. The van der Waals surface area contributed by atoms with E-state index in [9.17, 15) is 14.7 Å². The maximum Gasteiger partial charge on any atom is 0.424 e. The van der Waals surface area contributed by atoms with Crippen LogP contribution in [0.15, 0.2) is 103 Å². The Labute approximate surface area is 213 Å². The van der Waals surface area contributed by atoms with Crippen molar-refractivity contribution < 1.29 is 24.0 Å². The second-order valence-electron chi connectivity index (χ2n) is 8.58. The Balaban J connectivity index is 1.44. The summed E-state index contributed by atoms with van der Waals surface area (Å²) in [4.78, 5) is 31.2. The highest BCUT2D eigenvalue weighted by Crippen LogP contribution is 2.35. The maximum absolute atomic E-state index is 13.6. The molecule has 0 spiro atoms. The van der Waals surface area contributed by atoms with Gasteiger partial charge < -0.3 is 9.84 Å². The van der Waals surface area contributed by atoms with Crippen molar-refractivity contribution in [3.8, 4) is 5.75 Å². The van der Waals surface area contributed by atoms with Crippen LogP contribution in [0, 0.1) is 5.92 Å². The Morgan fingerprint density at radius 1 is 1.03 bits per heavy atom. The molecule has 0 saturated heterocycles. The number of carbonyl (C=O) groups excluding carboxylic acids is 2. The lowest BCUT2D eigenvalue weighted by molar-refractivity contribution is -0.500. The number of benzene rings is 3. The van der Waals surface area contributed by atoms with Crippen LogP contribution in [0.4, 0.5) is 0 Å². The largest absolute Gasteiger partial charge is 0.507 e. The summed E-state index contributed by atoms with van der Waals surface area (Å²) in [5, 5.41) is 10.7. The standard InChI is InChI=1S/C29H24N2O4S/c1-2-19-18-36-28-24(30-17-22-15-9-10-16-23(22)32)27(33)31(28)25(19)29(34)35-26(20-11-5-3-6-12-20)21-13-7-4-8-14-21/h2-17,19,24-26H,1,18H2/p+1. The second kappa shape index (κ2) is 10.3. The van der Waals surface area contributed by atoms with Crippen molar-refractivity contribution in [2.75, 3.05) is 5.75 Å². The highest BCUT2D eigenvalue weighted by atomic mass is 32.2. The van der Waals surface area contributed by atoms with Gasteiger partial charge in [0, 0.05) is 17.5 Å². The smallest absolute Gasteiger partial charge is 0.424 e. The lowest BCUT2D eigenvalue weighted by Gasteiger charge is -2.33. The van der Waals surface area contributed by atoms with Crippen LogP contribution in [0.2, 0.25) is 0 Å². The molecular weight excluding hydrogens is 472 g/mol. The number of aromatic hydroxyl groups is 1. The van der Waals surface area contributed by atoms with Gasteiger partial charge in [-0.25, -0.2) is 9.59 Å². The highest BCUT2D eigenvalue weighted by molar-refractivity contribution is 8.14. The fourth-order valence-electron chi connectivity index (χ4n) is 4.42. The Bertz CT molecular complexity index is 1310. The van der Waals surface area contributed by atoms with Gasteiger partial charge in [-0.1, -0.05) is 90.6 Å². The minimum Gasteiger partial charge on any atom is -0.507 e. The summed E-state index contributed by atoms with van der Waals surface area (Å²) in [7, 11) is 0. The van der Waals surface area contributed by atoms with Gasteiger partial charge >= 0.3 is 11.9 Å². The van der Waals surface area contributed by atoms with Crippen molar-refractivity contribution in [3.05, 3.63) is 114 Å². The van der Waals surface area contributed by atoms with Crippen LogP contribution in [-0.4, -0.2) is 50.7 Å². The number of nitrogens with zero attached hydrogens (tertiary/aromatic N) is 2. The minimum atomic E-state index is -0.808. The molecule has 2 heterocycles. The minimum absolute atomic E-state index is 0.0900. The summed E-state index contributed by atoms with van der Waals surface area (Å²) < 4.78 is 7.60. The van der Waals surface area contributed by atoms with Crippen LogP contribution in [-0.2, 0) is 14.3 Å². The van der Waals surface area contributed by atoms with Crippen LogP contribution in [0.25, 0.3) is 0 Å². The average Bonchev–Trinajstić information content (AvgIpc) is 2.92. The van der Waals surface area contributed by atoms with E-state index in [1.54, 1.807) is 30.3 Å². The third-order valence-corrected chi connectivity index (χ3v) is 7.60. The highest BCUT2D eigenvalue weighted by Gasteiger charge is 2.60. The van der Waals surface area contributed by atoms with E-state index in [0.717, 1.165) is 11.1 Å². The predicted molar refractivity (Wildman–Crippen MR) is 141 cm³/mol. The predicted octanol–water partition coefficient (Wildman–Crippen LogP) is 4.38. The zero-order valence-electron chi connectivity index (χ0n) is 19.4. The van der Waals surface area contributed by atoms with Crippen LogP contribution in [0.5, 0.6) is 5.75 Å². The molecule has 1 amide bonds. The van der Waals surface area contributed by atoms with Gasteiger partial charge in [0.25, 0.3) is 17.1 Å². The number of phenols is 1. The topological polar surface area (TPSA) is 79.0 Å². The molecule has 0 aromatic heterocycles. The van der Waals surface area contributed by atoms with Gasteiger partial charge in [-0.3, -0.25) is 4.99 Å². The molecule has 5 rings (SSSR count). The molecule has 0 radical (unpaired) electrons. The third kappa shape index (κ3) is 4.50. The van der Waals surface area contributed by atoms with Crippen LogP contribution < -0.4 is 0 Å². The first-order chi connectivity index (χ1) is 17.6. The molecule has 6 nitrogen and oxygen atoms in total. The van der Waals surface area contributed by atoms with E-state index in [1.807, 2.05) is 60.7 Å². The number of thioether (sulfide) groups is 1. The van der Waals surface area contributed by atoms with Crippen molar-refractivity contribution in [3.63, 3.8) is 0 Å². The van der Waals surface area contributed by atoms with Gasteiger partial charge in [-0.2, -0.15) is 0 Å². The number of hydrogen-bond acceptors (Lipinski definition) is 6. The van der Waals surface area contributed by atoms with E-state index in [-0.39, 0.29) is 17.6 Å². The molecule has 3 atom stereocenters. The molecule has 0 bridgehead atoms. The molecule has 3 aromatic rings. The first kappa shape index (κ1) is 23.8. The Kier molecular flexibility index (Phi) is 6.82. The number of esters is 1. The molecular formula is C29H25N2O4S+. The molecule has 180 valence electrons. The van der Waals surface area contributed by atoms with Crippen molar-refractivity contribution in [2.24, 2.45) is 10.9 Å². The van der Waals surface area contributed by atoms with Crippen molar-refractivity contribution >= 4 is 34.9 Å². The molecule has 36 heavy (non-hydrogen) atoms. The number of para-hydroxylation sites is 1. The van der Waals surface area contributed by atoms with Gasteiger partial charge in [0.2, 0.25) is 0 Å². The van der Waals surface area contributed by atoms with Crippen molar-refractivity contribution in [1.82, 2.24) is 0 Å². The number of carbonyl (C=O) groups is 2. The number of aliphatic imine (C=N–C) groups is 1. The zero-order valence-corrected chi connectivity index (χ0v) is 20.3. The van der Waals surface area contributed by atoms with Crippen LogP contribution in [0.3, 0.4) is 0 Å². The van der Waals surface area contributed by atoms with Crippen LogP contribution in [0.1, 0.15) is 22.8 Å². The van der Waals surface area contributed by atoms with Crippen LogP contribution >= 0.6 is 11.8 Å². The van der Waals surface area contributed by atoms with E-state index in [4.69, 9.17) is 4.74 Å². The number of ether oxygens (including phenoxy) is 1. The molecule has 3 unspecified atom stereocenters. The molecule has 0 aliphatic carbocycles. The maximum atomic E-state index is 13.6. The van der Waals surface area contributed by atoms with Crippen molar-refractivity contribution in [1.29, 1.82) is 0 Å². The third-order valence-electron chi connectivity index (χ3n) is 6.33. The normalized spacial score (nSPS) is 21.2. The number of rotatable bonds is 7. The van der Waals surface area contributed by atoms with E-state index in [1.165, 1.54) is 22.6 Å². The molecule has 7 heteroatoms. The summed E-state index contributed by atoms with van der Waals surface area (Å²) in [5.74, 6) is -0.329. The molecule has 1 N–H and O–H groups in total. The molecule has 3 aromatic carbocycles. The average molecular weight is 498 g/mol. The summed E-state index contributed by atoms with van der Waals surface area (Å²) >= 11 is 1.50. The summed E-state index contributed by atoms with van der Waals surface area (Å²) in [6, 6.07) is 24.4. The SMILES string of the molecule is C=CC1CSC2=[N+](C(=O)C2N=Cc2ccccc2O)C1C(=O)OC(c1ccccc1)c1ccccc1. The van der Waals surface area contributed by atoms with E-state index >= 15 is 0 Å². The van der Waals surface area contributed by atoms with E-state index < -0.39 is 24.2 Å². The van der Waals surface area contributed by atoms with Gasteiger partial charge in [-0.05, 0) is 23.3 Å². The van der Waals surface area contributed by atoms with Gasteiger partial charge in [-0.15, -0.1) is 11.2 Å². The monoisotopic (exact) mass is 497 g/mol. The molecule has 0 fully saturated rings. The Morgan fingerprint density at radius 3 is 2.25 bits per heavy atom. The summed E-state index contributed by atoms with van der Waals surface area (Å²) in [5.41, 5.74) is 2.22. The fraction of sp³-hybridized carbons (Fsp3) is 0.172. The lowest BCUT2D eigenvalue weighted by Crippen LogP contribution is -2.62. The van der Waals surface area contributed by atoms with Gasteiger partial charge in [0.05, 0.1) is 5.92 Å². The number of phenolic OH excluding ortho intramolecular Hbond substituents is 1. The van der Waals surface area contributed by atoms with Gasteiger partial charge in [0.15, 0.2) is 6.10 Å². The van der Waals surface area contributed by atoms with E-state index in [0.29, 0.717) is 16.4 Å². The van der Waals surface area contributed by atoms with Gasteiger partial charge in [0.1, 0.15) is 5.75 Å². The zero-order chi connectivity index (χ0) is 25.1. The first-order valence-electron chi connectivity index (χ1n) is 11.7. The molecule has 2 aliphatic rings. The fourth-order valence-corrected chi connectivity index (χ4v) is 5.77. The lowest BCUT2D eigenvalue weighted by atomic mass is 9.96. The molecule has 2 aliphatic heterocycles. The van der Waals surface area contributed by atoms with Crippen molar-refractivity contribution in [2.45, 2.75) is 18.2 Å². The quantitative estimate of drug-likeness (QED) is 0.227. The summed E-state index contributed by atoms with van der Waals surface area (Å²) in [6.45, 7) is 3.90. The number of hydrogen-bond donors (Lipinski definition) is 1. The summed E-state index contributed by atoms with van der Waals surface area (Å²) in [6.07, 6.45) is 2.60.